The van der Waals surface area contributed by atoms with Gasteiger partial charge in [-0.2, -0.15) is 0 Å². The van der Waals surface area contributed by atoms with Gasteiger partial charge < -0.3 is 15.5 Å². The van der Waals surface area contributed by atoms with Gasteiger partial charge in [0.05, 0.1) is 15.5 Å². The third-order valence-electron chi connectivity index (χ3n) is 5.52. The summed E-state index contributed by atoms with van der Waals surface area (Å²) in [5.74, 6) is -1.04. The summed E-state index contributed by atoms with van der Waals surface area (Å²) < 4.78 is 0. The van der Waals surface area contributed by atoms with E-state index in [9.17, 15) is 19.7 Å². The lowest BCUT2D eigenvalue weighted by Gasteiger charge is -2.22. The van der Waals surface area contributed by atoms with Crippen LogP contribution in [-0.4, -0.2) is 35.9 Å². The average molecular weight is 459 g/mol. The molecule has 170 valence electrons. The molecule has 32 heavy (non-hydrogen) atoms. The van der Waals surface area contributed by atoms with Gasteiger partial charge in [0, 0.05) is 37.5 Å². The molecule has 9 heteroatoms. The van der Waals surface area contributed by atoms with E-state index in [1.807, 2.05) is 26.0 Å². The first kappa shape index (κ1) is 23.5. The largest absolute Gasteiger partial charge is 0.372 e. The number of anilines is 1. The van der Waals surface area contributed by atoms with Gasteiger partial charge in [0.25, 0.3) is 11.6 Å². The summed E-state index contributed by atoms with van der Waals surface area (Å²) in [5, 5.41) is 16.4. The van der Waals surface area contributed by atoms with E-state index in [1.165, 1.54) is 30.7 Å². The molecule has 0 aliphatic carbocycles. The summed E-state index contributed by atoms with van der Waals surface area (Å²) in [6.07, 6.45) is 2.43. The van der Waals surface area contributed by atoms with Gasteiger partial charge in [0.1, 0.15) is 6.04 Å². The molecule has 1 unspecified atom stereocenters. The normalized spacial score (nSPS) is 14.3. The fourth-order valence-electron chi connectivity index (χ4n) is 3.65. The first-order valence-corrected chi connectivity index (χ1v) is 11.0. The Morgan fingerprint density at radius 3 is 2.34 bits per heavy atom. The van der Waals surface area contributed by atoms with Gasteiger partial charge >= 0.3 is 0 Å². The minimum absolute atomic E-state index is 0.0438. The van der Waals surface area contributed by atoms with Crippen LogP contribution in [0.25, 0.3) is 0 Å². The molecular weight excluding hydrogens is 432 g/mol. The maximum Gasteiger partial charge on any atom is 0.270 e. The van der Waals surface area contributed by atoms with Crippen molar-refractivity contribution in [3.8, 4) is 0 Å². The number of halogens is 1. The van der Waals surface area contributed by atoms with Crippen LogP contribution in [0.3, 0.4) is 0 Å². The van der Waals surface area contributed by atoms with Gasteiger partial charge in [-0.1, -0.05) is 37.6 Å². The van der Waals surface area contributed by atoms with Crippen molar-refractivity contribution in [3.63, 3.8) is 0 Å². The predicted molar refractivity (Wildman–Crippen MR) is 124 cm³/mol. The highest BCUT2D eigenvalue weighted by Gasteiger charge is 2.26. The molecule has 8 nitrogen and oxygen atoms in total. The number of nitrogens with one attached hydrogen (secondary N) is 2. The van der Waals surface area contributed by atoms with Crippen LogP contribution in [0.4, 0.5) is 11.4 Å². The van der Waals surface area contributed by atoms with E-state index in [2.05, 4.69) is 27.7 Å². The first-order valence-electron chi connectivity index (χ1n) is 10.6. The number of benzene rings is 2. The molecular formula is C23H27ClN4O4. The molecule has 1 saturated heterocycles. The van der Waals surface area contributed by atoms with Crippen LogP contribution in [0, 0.1) is 16.0 Å². The predicted octanol–water partition coefficient (Wildman–Crippen LogP) is 3.92. The minimum atomic E-state index is -0.780. The van der Waals surface area contributed by atoms with Crippen molar-refractivity contribution in [1.29, 1.82) is 0 Å². The Balaban J connectivity index is 1.60. The number of amides is 2. The Morgan fingerprint density at radius 1 is 1.12 bits per heavy atom. The van der Waals surface area contributed by atoms with Crippen molar-refractivity contribution in [2.24, 2.45) is 5.92 Å². The number of rotatable bonds is 8. The molecule has 2 N–H and O–H groups in total. The van der Waals surface area contributed by atoms with Crippen LogP contribution in [0.15, 0.2) is 42.5 Å². The second-order valence-electron chi connectivity index (χ2n) is 8.19. The van der Waals surface area contributed by atoms with Gasteiger partial charge in [0.15, 0.2) is 0 Å². The lowest BCUT2D eigenvalue weighted by atomic mass is 10.0. The van der Waals surface area contributed by atoms with Crippen LogP contribution in [0.1, 0.15) is 42.6 Å². The third kappa shape index (κ3) is 5.76. The maximum atomic E-state index is 12.8. The lowest BCUT2D eigenvalue weighted by Crippen LogP contribution is -2.49. The van der Waals surface area contributed by atoms with E-state index in [4.69, 9.17) is 11.6 Å². The number of nitro benzene ring substituents is 1. The Labute approximate surface area is 192 Å². The zero-order chi connectivity index (χ0) is 23.3. The van der Waals surface area contributed by atoms with Crippen LogP contribution in [0.2, 0.25) is 5.02 Å². The minimum Gasteiger partial charge on any atom is -0.372 e. The van der Waals surface area contributed by atoms with E-state index in [0.29, 0.717) is 6.54 Å². The molecule has 1 aliphatic heterocycles. The molecule has 0 radical (unpaired) electrons. The maximum absolute atomic E-state index is 12.8. The molecule has 0 saturated carbocycles. The lowest BCUT2D eigenvalue weighted by molar-refractivity contribution is -0.384. The van der Waals surface area contributed by atoms with Crippen molar-refractivity contribution in [1.82, 2.24) is 10.6 Å². The van der Waals surface area contributed by atoms with Gasteiger partial charge in [-0.05, 0) is 42.5 Å². The van der Waals surface area contributed by atoms with Crippen molar-refractivity contribution < 1.29 is 14.5 Å². The number of nitrogens with zero attached hydrogens (tertiary/aromatic N) is 2. The second-order valence-corrected chi connectivity index (χ2v) is 8.60. The molecule has 0 spiro atoms. The van der Waals surface area contributed by atoms with Gasteiger partial charge in [0.2, 0.25) is 5.91 Å². The van der Waals surface area contributed by atoms with Gasteiger partial charge in [-0.3, -0.25) is 19.7 Å². The number of non-ortho nitro benzene ring substituents is 1. The molecule has 2 amide bonds. The molecule has 3 rings (SSSR count). The Kier molecular flexibility index (Phi) is 7.69. The topological polar surface area (TPSA) is 105 Å². The highest BCUT2D eigenvalue weighted by atomic mass is 35.5. The summed E-state index contributed by atoms with van der Waals surface area (Å²) in [5.41, 5.74) is 2.02. The summed E-state index contributed by atoms with van der Waals surface area (Å²) in [7, 11) is 0. The number of nitro groups is 1. The van der Waals surface area contributed by atoms with Crippen molar-refractivity contribution in [3.05, 3.63) is 68.7 Å². The van der Waals surface area contributed by atoms with E-state index in [1.54, 1.807) is 0 Å². The molecule has 2 aromatic carbocycles. The van der Waals surface area contributed by atoms with Crippen LogP contribution in [0.5, 0.6) is 0 Å². The molecule has 2 aromatic rings. The first-order chi connectivity index (χ1) is 15.3. The van der Waals surface area contributed by atoms with E-state index >= 15 is 0 Å². The zero-order valence-electron chi connectivity index (χ0n) is 18.1. The van der Waals surface area contributed by atoms with E-state index < -0.39 is 16.9 Å². The summed E-state index contributed by atoms with van der Waals surface area (Å²) in [6, 6.07) is 10.9. The molecule has 1 fully saturated rings. The Hall–Kier alpha value is -3.13. The zero-order valence-corrected chi connectivity index (χ0v) is 18.9. The number of carbonyl (C=O) groups is 2. The van der Waals surface area contributed by atoms with Gasteiger partial charge in [-0.15, -0.1) is 0 Å². The van der Waals surface area contributed by atoms with Gasteiger partial charge in [-0.25, -0.2) is 0 Å². The third-order valence-corrected chi connectivity index (χ3v) is 5.83. The van der Waals surface area contributed by atoms with Crippen LogP contribution in [-0.2, 0) is 11.3 Å². The summed E-state index contributed by atoms with van der Waals surface area (Å²) in [4.78, 5) is 38.0. The fourth-order valence-corrected chi connectivity index (χ4v) is 3.92. The monoisotopic (exact) mass is 458 g/mol. The Morgan fingerprint density at radius 2 is 1.78 bits per heavy atom. The number of hydrogen-bond donors (Lipinski definition) is 2. The van der Waals surface area contributed by atoms with Crippen LogP contribution >= 0.6 is 11.6 Å². The summed E-state index contributed by atoms with van der Waals surface area (Å²) in [6.45, 7) is 6.14. The molecule has 1 heterocycles. The number of carbonyl (C=O) groups excluding carboxylic acids is 2. The highest BCUT2D eigenvalue weighted by Crippen LogP contribution is 2.23. The standard InChI is InChI=1S/C23H27ClN4O4/c1-15(2)21(26-22(29)19-10-9-18(28(31)32)13-20(19)24)23(30)25-14-16-5-7-17(8-6-16)27-11-3-4-12-27/h5-10,13,15,21H,3-4,11-12,14H2,1-2H3,(H,25,30)(H,26,29). The quantitative estimate of drug-likeness (QED) is 0.460. The fraction of sp³-hybridized carbons (Fsp3) is 0.391. The molecule has 1 atom stereocenters. The molecule has 0 bridgehead atoms. The highest BCUT2D eigenvalue weighted by molar-refractivity contribution is 6.34. The van der Waals surface area contributed by atoms with Crippen LogP contribution < -0.4 is 15.5 Å². The van der Waals surface area contributed by atoms with E-state index in [-0.39, 0.29) is 28.1 Å². The molecule has 1 aliphatic rings. The number of hydrogen-bond acceptors (Lipinski definition) is 5. The van der Waals surface area contributed by atoms with Crippen molar-refractivity contribution >= 4 is 34.8 Å². The summed E-state index contributed by atoms with van der Waals surface area (Å²) >= 11 is 6.04. The Bertz CT molecular complexity index is 988. The average Bonchev–Trinajstić information content (AvgIpc) is 3.30. The SMILES string of the molecule is CC(C)C(NC(=O)c1ccc([N+](=O)[O-])cc1Cl)C(=O)NCc1ccc(N2CCCC2)cc1. The smallest absolute Gasteiger partial charge is 0.270 e. The molecule has 0 aromatic heterocycles. The van der Waals surface area contributed by atoms with E-state index in [0.717, 1.165) is 24.7 Å². The van der Waals surface area contributed by atoms with Crippen molar-refractivity contribution in [2.45, 2.75) is 39.3 Å². The van der Waals surface area contributed by atoms with Crippen molar-refractivity contribution in [2.75, 3.05) is 18.0 Å². The second kappa shape index (κ2) is 10.5.